The Bertz CT molecular complexity index is 1080. The Morgan fingerprint density at radius 1 is 0.897 bits per heavy atom. The van der Waals surface area contributed by atoms with E-state index in [0.717, 1.165) is 12.8 Å². The molecular weight excluding hydrogens is 502 g/mol. The lowest BCUT2D eigenvalue weighted by molar-refractivity contribution is -0.129. The van der Waals surface area contributed by atoms with Crippen LogP contribution in [0.3, 0.4) is 0 Å². The van der Waals surface area contributed by atoms with Crippen molar-refractivity contribution >= 4 is 23.8 Å². The summed E-state index contributed by atoms with van der Waals surface area (Å²) in [7, 11) is 6.98. The molecule has 0 saturated heterocycles. The molecule has 2 aromatic heterocycles. The molecular formula is C27H45N7O5. The van der Waals surface area contributed by atoms with Crippen LogP contribution < -0.4 is 11.5 Å². The predicted octanol–water partition coefficient (Wildman–Crippen LogP) is 2.78. The maximum Gasteiger partial charge on any atom is 0.407 e. The van der Waals surface area contributed by atoms with Crippen molar-refractivity contribution in [2.24, 2.45) is 11.5 Å². The standard InChI is InChI=1S/C18H26N6O3.C9H19NO2/c1-23(2)13(25)5-8-18(24(3)4,11-6-9-21-14(11)16(19)26)12-7-10-22-15(12)17(20)27;1-5-6-7-10(8(11)12)9(2,3)4/h6-7,9-10,21-22H,5,8H2,1-4H3,(H2,19,26)(H2,20,27);5-7H2,1-4H3,(H,11,12). The minimum Gasteiger partial charge on any atom is -0.465 e. The Kier molecular flexibility index (Phi) is 11.8. The van der Waals surface area contributed by atoms with Crippen molar-refractivity contribution in [1.82, 2.24) is 24.7 Å². The topological polar surface area (TPSA) is 182 Å². The van der Waals surface area contributed by atoms with E-state index < -0.39 is 23.4 Å². The van der Waals surface area contributed by atoms with Gasteiger partial charge in [0.15, 0.2) is 0 Å². The van der Waals surface area contributed by atoms with E-state index in [-0.39, 0.29) is 29.3 Å². The zero-order chi connectivity index (χ0) is 30.1. The third-order valence-corrected chi connectivity index (χ3v) is 6.62. The molecule has 2 heterocycles. The van der Waals surface area contributed by atoms with Crippen LogP contribution in [0, 0.1) is 0 Å². The van der Waals surface area contributed by atoms with Gasteiger partial charge in [0.05, 0.1) is 5.54 Å². The highest BCUT2D eigenvalue weighted by Gasteiger charge is 2.43. The maximum atomic E-state index is 12.3. The molecule has 4 amide bonds. The summed E-state index contributed by atoms with van der Waals surface area (Å²) < 4.78 is 0. The highest BCUT2D eigenvalue weighted by Crippen LogP contribution is 2.41. The van der Waals surface area contributed by atoms with E-state index in [1.807, 2.05) is 39.8 Å². The van der Waals surface area contributed by atoms with E-state index in [9.17, 15) is 19.2 Å². The van der Waals surface area contributed by atoms with Crippen LogP contribution in [-0.4, -0.2) is 93.9 Å². The van der Waals surface area contributed by atoms with Crippen LogP contribution in [0.1, 0.15) is 85.5 Å². The monoisotopic (exact) mass is 547 g/mol. The average molecular weight is 548 g/mol. The van der Waals surface area contributed by atoms with Crippen molar-refractivity contribution < 1.29 is 24.3 Å². The molecule has 0 saturated carbocycles. The van der Waals surface area contributed by atoms with Crippen LogP contribution >= 0.6 is 0 Å². The lowest BCUT2D eigenvalue weighted by Crippen LogP contribution is -2.45. The van der Waals surface area contributed by atoms with Gasteiger partial charge in [-0.15, -0.1) is 0 Å². The quantitative estimate of drug-likeness (QED) is 0.288. The number of carboxylic acid groups (broad SMARTS) is 1. The van der Waals surface area contributed by atoms with Crippen molar-refractivity contribution in [1.29, 1.82) is 0 Å². The highest BCUT2D eigenvalue weighted by molar-refractivity contribution is 5.95. The largest absolute Gasteiger partial charge is 0.465 e. The molecule has 0 bridgehead atoms. The molecule has 0 aliphatic rings. The molecule has 7 N–H and O–H groups in total. The van der Waals surface area contributed by atoms with Crippen LogP contribution in [-0.2, 0) is 10.3 Å². The van der Waals surface area contributed by atoms with Crippen molar-refractivity contribution in [2.45, 2.75) is 64.5 Å². The molecule has 12 nitrogen and oxygen atoms in total. The molecule has 0 unspecified atom stereocenters. The number of carbonyl (C=O) groups is 4. The second kappa shape index (κ2) is 13.8. The number of aromatic nitrogens is 2. The summed E-state index contributed by atoms with van der Waals surface area (Å²) in [5.74, 6) is -1.33. The fourth-order valence-electron chi connectivity index (χ4n) is 4.50. The smallest absolute Gasteiger partial charge is 0.407 e. The Hall–Kier alpha value is -3.80. The summed E-state index contributed by atoms with van der Waals surface area (Å²) in [4.78, 5) is 57.6. The first kappa shape index (κ1) is 33.2. The van der Waals surface area contributed by atoms with E-state index in [1.54, 1.807) is 38.6 Å². The number of nitrogens with zero attached hydrogens (tertiary/aromatic N) is 3. The van der Waals surface area contributed by atoms with Crippen LogP contribution in [0.25, 0.3) is 0 Å². The number of hydrogen-bond acceptors (Lipinski definition) is 5. The molecule has 0 fully saturated rings. The van der Waals surface area contributed by atoms with Crippen molar-refractivity contribution in [3.63, 3.8) is 0 Å². The fraction of sp³-hybridized carbons (Fsp3) is 0.556. The normalized spacial score (nSPS) is 11.5. The summed E-state index contributed by atoms with van der Waals surface area (Å²) in [5.41, 5.74) is 11.4. The van der Waals surface area contributed by atoms with E-state index >= 15 is 0 Å². The molecule has 0 atom stereocenters. The van der Waals surface area contributed by atoms with Crippen LogP contribution in [0.15, 0.2) is 24.5 Å². The Labute approximate surface area is 230 Å². The molecule has 2 aromatic rings. The van der Waals surface area contributed by atoms with Gasteiger partial charge >= 0.3 is 6.09 Å². The van der Waals surface area contributed by atoms with Gasteiger partial charge in [0, 0.05) is 56.1 Å². The van der Waals surface area contributed by atoms with E-state index in [4.69, 9.17) is 16.6 Å². The van der Waals surface area contributed by atoms with E-state index in [0.29, 0.717) is 24.1 Å². The summed E-state index contributed by atoms with van der Waals surface area (Å²) in [6.45, 7) is 8.43. The van der Waals surface area contributed by atoms with Crippen molar-refractivity contribution in [3.05, 3.63) is 47.0 Å². The first-order valence-corrected chi connectivity index (χ1v) is 12.9. The van der Waals surface area contributed by atoms with E-state index in [2.05, 4.69) is 16.9 Å². The Balaban J connectivity index is 0.000000534. The summed E-state index contributed by atoms with van der Waals surface area (Å²) >= 11 is 0. The third kappa shape index (κ3) is 8.09. The van der Waals surface area contributed by atoms with E-state index in [1.165, 1.54) is 9.80 Å². The van der Waals surface area contributed by atoms with Gasteiger partial charge in [0.25, 0.3) is 11.8 Å². The van der Waals surface area contributed by atoms with Gasteiger partial charge in [0.2, 0.25) is 5.91 Å². The van der Waals surface area contributed by atoms with Crippen molar-refractivity contribution in [2.75, 3.05) is 34.7 Å². The van der Waals surface area contributed by atoms with Gasteiger partial charge < -0.3 is 36.3 Å². The number of nitrogens with one attached hydrogen (secondary N) is 2. The van der Waals surface area contributed by atoms with Crippen molar-refractivity contribution in [3.8, 4) is 0 Å². The second-order valence-electron chi connectivity index (χ2n) is 10.8. The summed E-state index contributed by atoms with van der Waals surface area (Å²) in [6, 6.07) is 3.47. The number of amides is 4. The van der Waals surface area contributed by atoms with Gasteiger partial charge in [-0.1, -0.05) is 13.3 Å². The number of nitrogens with two attached hydrogens (primary N) is 2. The zero-order valence-corrected chi connectivity index (χ0v) is 24.4. The first-order chi connectivity index (χ1) is 18.0. The van der Waals surface area contributed by atoms with Crippen LogP contribution in [0.4, 0.5) is 4.79 Å². The lowest BCUT2D eigenvalue weighted by Gasteiger charge is -2.41. The predicted molar refractivity (Wildman–Crippen MR) is 150 cm³/mol. The number of aromatic amines is 2. The molecule has 0 spiro atoms. The SMILES string of the molecule is CCCCN(C(=O)O)C(C)(C)C.CN(C)C(=O)CCC(c1cc[nH]c1C(N)=O)(c1cc[nH]c1C(N)=O)N(C)C. The highest BCUT2D eigenvalue weighted by atomic mass is 16.4. The maximum absolute atomic E-state index is 12.3. The molecule has 0 radical (unpaired) electrons. The number of H-pyrrole nitrogens is 2. The van der Waals surface area contributed by atoms with Gasteiger partial charge in [-0.3, -0.25) is 19.3 Å². The number of unbranched alkanes of at least 4 members (excludes halogenated alkanes) is 1. The Morgan fingerprint density at radius 2 is 1.36 bits per heavy atom. The molecule has 0 aliphatic carbocycles. The van der Waals surface area contributed by atoms with Gasteiger partial charge in [-0.2, -0.15) is 0 Å². The lowest BCUT2D eigenvalue weighted by atomic mass is 9.77. The molecule has 0 aromatic carbocycles. The number of carbonyl (C=O) groups excluding carboxylic acids is 3. The van der Waals surface area contributed by atoms with Gasteiger partial charge in [-0.25, -0.2) is 4.79 Å². The molecule has 39 heavy (non-hydrogen) atoms. The minimum atomic E-state index is -0.972. The molecule has 12 heteroatoms. The number of hydrogen-bond donors (Lipinski definition) is 5. The molecule has 2 rings (SSSR count). The minimum absolute atomic E-state index is 0.0754. The summed E-state index contributed by atoms with van der Waals surface area (Å²) in [6.07, 6.45) is 4.86. The van der Waals surface area contributed by atoms with Gasteiger partial charge in [-0.05, 0) is 59.8 Å². The Morgan fingerprint density at radius 3 is 1.67 bits per heavy atom. The van der Waals surface area contributed by atoms with Gasteiger partial charge in [0.1, 0.15) is 11.4 Å². The van der Waals surface area contributed by atoms with Crippen LogP contribution in [0.2, 0.25) is 0 Å². The molecule has 218 valence electrons. The average Bonchev–Trinajstić information content (AvgIpc) is 3.50. The molecule has 0 aliphatic heterocycles. The first-order valence-electron chi connectivity index (χ1n) is 12.9. The number of primary amides is 2. The third-order valence-electron chi connectivity index (χ3n) is 6.62. The fourth-order valence-corrected chi connectivity index (χ4v) is 4.50. The zero-order valence-electron chi connectivity index (χ0n) is 24.4. The number of rotatable bonds is 11. The second-order valence-corrected chi connectivity index (χ2v) is 10.8. The summed E-state index contributed by atoms with van der Waals surface area (Å²) in [5, 5.41) is 8.86. The van der Waals surface area contributed by atoms with Crippen LogP contribution in [0.5, 0.6) is 0 Å².